The third kappa shape index (κ3) is 2.98. The molecular weight excluding hydrogens is 412 g/mol. The van der Waals surface area contributed by atoms with Crippen LogP contribution in [0.3, 0.4) is 0 Å². The van der Waals surface area contributed by atoms with Crippen LogP contribution in [0.4, 0.5) is 0 Å². The smallest absolute Gasteiger partial charge is 0.332 e. The Morgan fingerprint density at radius 1 is 1.00 bits per heavy atom. The van der Waals surface area contributed by atoms with Gasteiger partial charge in [-0.25, -0.2) is 14.6 Å². The number of fused-ring (bicyclic) bond motifs is 2. The number of likely N-dealkylation sites (tertiary alicyclic amines) is 1. The van der Waals surface area contributed by atoms with Crippen LogP contribution in [0.25, 0.3) is 22.1 Å². The first kappa shape index (κ1) is 20.0. The Hall–Kier alpha value is -3.95. The van der Waals surface area contributed by atoms with Crippen LogP contribution in [0.15, 0.2) is 50.8 Å². The van der Waals surface area contributed by atoms with Gasteiger partial charge >= 0.3 is 11.4 Å². The van der Waals surface area contributed by atoms with Gasteiger partial charge in [0.15, 0.2) is 0 Å². The lowest BCUT2D eigenvalue weighted by atomic mass is 10.0. The SMILES string of the molecule is Cn1c(=O)c2ccc(C(=O)N3CCC(n4c(=O)[nH]c5ccccc54)CC3)nc2n(C)c1=O. The average molecular weight is 434 g/mol. The molecule has 1 fully saturated rings. The minimum Gasteiger partial charge on any atom is -0.337 e. The van der Waals surface area contributed by atoms with E-state index >= 15 is 0 Å². The zero-order chi connectivity index (χ0) is 22.6. The van der Waals surface area contributed by atoms with Crippen molar-refractivity contribution in [2.45, 2.75) is 18.9 Å². The van der Waals surface area contributed by atoms with E-state index in [4.69, 9.17) is 0 Å². The van der Waals surface area contributed by atoms with E-state index in [1.807, 2.05) is 24.3 Å². The van der Waals surface area contributed by atoms with Gasteiger partial charge in [0.2, 0.25) is 0 Å². The Morgan fingerprint density at radius 3 is 2.47 bits per heavy atom. The summed E-state index contributed by atoms with van der Waals surface area (Å²) in [6.45, 7) is 0.954. The molecule has 32 heavy (non-hydrogen) atoms. The fraction of sp³-hybridized carbons (Fsp3) is 0.318. The summed E-state index contributed by atoms with van der Waals surface area (Å²) in [5, 5.41) is 0.281. The second-order valence-electron chi connectivity index (χ2n) is 8.11. The number of nitrogens with one attached hydrogen (secondary N) is 1. The number of piperidine rings is 1. The van der Waals surface area contributed by atoms with Gasteiger partial charge in [0.25, 0.3) is 11.5 Å². The van der Waals surface area contributed by atoms with Crippen molar-refractivity contribution in [1.82, 2.24) is 28.6 Å². The summed E-state index contributed by atoms with van der Waals surface area (Å²) in [5.41, 5.74) is 0.945. The Labute approximate surface area is 181 Å². The number of amides is 1. The fourth-order valence-electron chi connectivity index (χ4n) is 4.50. The molecule has 0 aliphatic carbocycles. The van der Waals surface area contributed by atoms with Crippen molar-refractivity contribution in [3.8, 4) is 0 Å². The molecule has 10 nitrogen and oxygen atoms in total. The Kier molecular flexibility index (Phi) is 4.58. The summed E-state index contributed by atoms with van der Waals surface area (Å²) in [4.78, 5) is 59.0. The predicted octanol–water partition coefficient (Wildman–Crippen LogP) is 0.752. The first-order valence-corrected chi connectivity index (χ1v) is 10.4. The van der Waals surface area contributed by atoms with E-state index in [0.29, 0.717) is 25.9 Å². The quantitative estimate of drug-likeness (QED) is 0.500. The molecule has 4 heterocycles. The molecule has 5 rings (SSSR count). The minimum absolute atomic E-state index is 0.00361. The maximum Gasteiger partial charge on any atom is 0.332 e. The summed E-state index contributed by atoms with van der Waals surface area (Å²) in [6.07, 6.45) is 1.28. The van der Waals surface area contributed by atoms with Crippen molar-refractivity contribution in [2.24, 2.45) is 14.1 Å². The molecule has 0 radical (unpaired) electrons. The molecule has 3 aromatic heterocycles. The van der Waals surface area contributed by atoms with Crippen LogP contribution in [0.2, 0.25) is 0 Å². The average Bonchev–Trinajstić information content (AvgIpc) is 3.16. The number of pyridine rings is 1. The van der Waals surface area contributed by atoms with Gasteiger partial charge in [0.1, 0.15) is 11.3 Å². The molecular formula is C22H22N6O4. The number of para-hydroxylation sites is 2. The Balaban J connectivity index is 1.40. The van der Waals surface area contributed by atoms with Crippen LogP contribution >= 0.6 is 0 Å². The van der Waals surface area contributed by atoms with Gasteiger partial charge in [-0.2, -0.15) is 0 Å². The molecule has 4 aromatic rings. The molecule has 1 aromatic carbocycles. The van der Waals surface area contributed by atoms with Crippen molar-refractivity contribution < 1.29 is 4.79 Å². The molecule has 1 saturated heterocycles. The summed E-state index contributed by atoms with van der Waals surface area (Å²) in [6, 6.07) is 10.6. The van der Waals surface area contributed by atoms with Crippen molar-refractivity contribution in [2.75, 3.05) is 13.1 Å². The molecule has 10 heteroatoms. The van der Waals surface area contributed by atoms with E-state index in [1.54, 1.807) is 9.47 Å². The Bertz CT molecular complexity index is 1550. The predicted molar refractivity (Wildman–Crippen MR) is 119 cm³/mol. The zero-order valence-electron chi connectivity index (χ0n) is 17.7. The molecule has 0 bridgehead atoms. The van der Waals surface area contributed by atoms with Crippen LogP contribution in [-0.4, -0.2) is 47.6 Å². The zero-order valence-corrected chi connectivity index (χ0v) is 17.7. The van der Waals surface area contributed by atoms with Gasteiger partial charge in [-0.15, -0.1) is 0 Å². The van der Waals surface area contributed by atoms with Gasteiger partial charge in [-0.1, -0.05) is 12.1 Å². The maximum atomic E-state index is 13.1. The van der Waals surface area contributed by atoms with E-state index in [2.05, 4.69) is 9.97 Å². The van der Waals surface area contributed by atoms with Gasteiger partial charge in [-0.3, -0.25) is 23.3 Å². The molecule has 0 unspecified atom stereocenters. The molecule has 0 spiro atoms. The number of aryl methyl sites for hydroxylation is 1. The number of carbonyl (C=O) groups excluding carboxylic acids is 1. The molecule has 0 saturated carbocycles. The number of H-pyrrole nitrogens is 1. The standard InChI is InChI=1S/C22H22N6O4/c1-25-18-14(19(29)26(2)22(25)32)7-8-16(23-18)20(30)27-11-9-13(10-12-27)28-17-6-4-3-5-15(17)24-21(28)31/h3-8,13H,9-12H2,1-2H3,(H,24,31). The normalized spacial score (nSPS) is 15.0. The van der Waals surface area contributed by atoms with E-state index in [-0.39, 0.29) is 34.4 Å². The number of hydrogen-bond donors (Lipinski definition) is 1. The lowest BCUT2D eigenvalue weighted by molar-refractivity contribution is 0.0689. The largest absolute Gasteiger partial charge is 0.337 e. The summed E-state index contributed by atoms with van der Waals surface area (Å²) in [7, 11) is 2.93. The van der Waals surface area contributed by atoms with Crippen LogP contribution in [-0.2, 0) is 14.1 Å². The van der Waals surface area contributed by atoms with Crippen LogP contribution in [0.5, 0.6) is 0 Å². The van der Waals surface area contributed by atoms with Crippen molar-refractivity contribution in [3.05, 3.63) is 73.4 Å². The van der Waals surface area contributed by atoms with Gasteiger partial charge in [-0.05, 0) is 37.1 Å². The minimum atomic E-state index is -0.496. The number of benzene rings is 1. The number of nitrogens with zero attached hydrogens (tertiary/aromatic N) is 5. The first-order valence-electron chi connectivity index (χ1n) is 10.4. The van der Waals surface area contributed by atoms with E-state index in [1.165, 1.54) is 30.8 Å². The number of hydrogen-bond acceptors (Lipinski definition) is 5. The molecule has 164 valence electrons. The third-order valence-corrected chi connectivity index (χ3v) is 6.26. The van der Waals surface area contributed by atoms with Gasteiger partial charge in [0.05, 0.1) is 16.4 Å². The lowest BCUT2D eigenvalue weighted by Crippen LogP contribution is -2.41. The topological polar surface area (TPSA) is 115 Å². The first-order chi connectivity index (χ1) is 15.4. The van der Waals surface area contributed by atoms with Crippen molar-refractivity contribution in [1.29, 1.82) is 0 Å². The third-order valence-electron chi connectivity index (χ3n) is 6.26. The van der Waals surface area contributed by atoms with Crippen molar-refractivity contribution in [3.63, 3.8) is 0 Å². The van der Waals surface area contributed by atoms with Crippen LogP contribution < -0.4 is 16.9 Å². The summed E-state index contributed by atoms with van der Waals surface area (Å²) in [5.74, 6) is -0.259. The van der Waals surface area contributed by atoms with Gasteiger partial charge in [0, 0.05) is 33.2 Å². The highest BCUT2D eigenvalue weighted by atomic mass is 16.2. The lowest BCUT2D eigenvalue weighted by Gasteiger charge is -2.32. The number of imidazole rings is 1. The van der Waals surface area contributed by atoms with Crippen LogP contribution in [0.1, 0.15) is 29.4 Å². The van der Waals surface area contributed by atoms with Gasteiger partial charge < -0.3 is 9.88 Å². The number of rotatable bonds is 2. The van der Waals surface area contributed by atoms with E-state index < -0.39 is 11.2 Å². The molecule has 1 N–H and O–H groups in total. The van der Waals surface area contributed by atoms with E-state index in [9.17, 15) is 19.2 Å². The highest BCUT2D eigenvalue weighted by Gasteiger charge is 2.27. The molecule has 1 aliphatic heterocycles. The Morgan fingerprint density at radius 2 is 1.72 bits per heavy atom. The number of carbonyl (C=O) groups is 1. The molecule has 1 amide bonds. The van der Waals surface area contributed by atoms with Crippen LogP contribution in [0, 0.1) is 0 Å². The monoisotopic (exact) mass is 434 g/mol. The maximum absolute atomic E-state index is 13.1. The summed E-state index contributed by atoms with van der Waals surface area (Å²) < 4.78 is 4.06. The highest BCUT2D eigenvalue weighted by Crippen LogP contribution is 2.25. The molecule has 1 aliphatic rings. The summed E-state index contributed by atoms with van der Waals surface area (Å²) >= 11 is 0. The second kappa shape index (κ2) is 7.33. The second-order valence-corrected chi connectivity index (χ2v) is 8.11. The number of aromatic nitrogens is 5. The van der Waals surface area contributed by atoms with E-state index in [0.717, 1.165) is 15.6 Å². The number of aromatic amines is 1. The van der Waals surface area contributed by atoms with Crippen molar-refractivity contribution >= 4 is 28.0 Å². The molecule has 0 atom stereocenters. The highest BCUT2D eigenvalue weighted by molar-refractivity contribution is 5.94. The fourth-order valence-corrected chi connectivity index (χ4v) is 4.50.